The molecule has 2 atom stereocenters. The standard InChI is InChI=1S/C26H43F3O5/c1-4-5-6-7-8-9-10-11-12-13-14-15-16-17-18-20-21(33-2)19-25(32,26(27,28)29)22(23(20)30)24(31)34-3/h22,32H,4-19H2,1-3H3. The number of unbranched alkanes of at least 4 members (excludes halogenated alkanes) is 13. The van der Waals surface area contributed by atoms with Crippen molar-refractivity contribution < 1.29 is 37.3 Å². The van der Waals surface area contributed by atoms with Crippen LogP contribution in [0.1, 0.15) is 110 Å². The van der Waals surface area contributed by atoms with Crippen LogP contribution in [0.25, 0.3) is 0 Å². The molecular weight excluding hydrogens is 449 g/mol. The topological polar surface area (TPSA) is 72.8 Å². The summed E-state index contributed by atoms with van der Waals surface area (Å²) in [6.07, 6.45) is 10.4. The van der Waals surface area contributed by atoms with Gasteiger partial charge in [-0.3, -0.25) is 9.59 Å². The Hall–Kier alpha value is -1.57. The van der Waals surface area contributed by atoms with Crippen LogP contribution in [0.5, 0.6) is 0 Å². The summed E-state index contributed by atoms with van der Waals surface area (Å²) in [5, 5.41) is 10.3. The summed E-state index contributed by atoms with van der Waals surface area (Å²) >= 11 is 0. The average Bonchev–Trinajstić information content (AvgIpc) is 2.79. The van der Waals surface area contributed by atoms with Gasteiger partial charge in [0.15, 0.2) is 17.3 Å². The molecule has 0 aromatic heterocycles. The first-order valence-electron chi connectivity index (χ1n) is 12.8. The van der Waals surface area contributed by atoms with Gasteiger partial charge >= 0.3 is 12.1 Å². The first-order valence-corrected chi connectivity index (χ1v) is 12.8. The fourth-order valence-electron chi connectivity index (χ4n) is 4.62. The first kappa shape index (κ1) is 30.5. The molecule has 1 aliphatic rings. The predicted octanol–water partition coefficient (Wildman–Crippen LogP) is 6.81. The molecule has 0 saturated carbocycles. The number of carbonyl (C=O) groups is 2. The summed E-state index contributed by atoms with van der Waals surface area (Å²) < 4.78 is 50.2. The van der Waals surface area contributed by atoms with Gasteiger partial charge in [0.05, 0.1) is 14.2 Å². The van der Waals surface area contributed by atoms with Gasteiger partial charge in [0, 0.05) is 12.0 Å². The largest absolute Gasteiger partial charge is 0.501 e. The van der Waals surface area contributed by atoms with Gasteiger partial charge < -0.3 is 14.6 Å². The van der Waals surface area contributed by atoms with E-state index < -0.39 is 35.9 Å². The summed E-state index contributed by atoms with van der Waals surface area (Å²) in [7, 11) is 2.07. The quantitative estimate of drug-likeness (QED) is 0.137. The Kier molecular flexibility index (Phi) is 13.8. The van der Waals surface area contributed by atoms with Crippen molar-refractivity contribution in [3.05, 3.63) is 11.3 Å². The fraction of sp³-hybridized carbons (Fsp3) is 0.846. The lowest BCUT2D eigenvalue weighted by Gasteiger charge is -2.39. The molecule has 5 nitrogen and oxygen atoms in total. The molecule has 1 N–H and O–H groups in total. The van der Waals surface area contributed by atoms with Crippen molar-refractivity contribution in [2.24, 2.45) is 5.92 Å². The minimum absolute atomic E-state index is 0.0470. The van der Waals surface area contributed by atoms with Crippen molar-refractivity contribution >= 4 is 11.8 Å². The number of aliphatic hydroxyl groups is 1. The highest BCUT2D eigenvalue weighted by molar-refractivity contribution is 6.10. The van der Waals surface area contributed by atoms with Crippen LogP contribution in [-0.4, -0.2) is 42.9 Å². The summed E-state index contributed by atoms with van der Waals surface area (Å²) in [6.45, 7) is 2.22. The van der Waals surface area contributed by atoms with Gasteiger partial charge in [-0.25, -0.2) is 0 Å². The zero-order chi connectivity index (χ0) is 25.6. The molecule has 1 rings (SSSR count). The number of hydrogen-bond acceptors (Lipinski definition) is 5. The van der Waals surface area contributed by atoms with Crippen molar-refractivity contribution in [1.82, 2.24) is 0 Å². The Morgan fingerprint density at radius 2 is 1.35 bits per heavy atom. The SMILES string of the molecule is CCCCCCCCCCCCCCCCC1=C(OC)CC(O)(C(F)(F)F)C(C(=O)OC)C1=O. The van der Waals surface area contributed by atoms with Crippen LogP contribution in [0.3, 0.4) is 0 Å². The third-order valence-electron chi connectivity index (χ3n) is 6.76. The van der Waals surface area contributed by atoms with Crippen LogP contribution in [0.15, 0.2) is 11.3 Å². The lowest BCUT2D eigenvalue weighted by Crippen LogP contribution is -2.59. The van der Waals surface area contributed by atoms with Gasteiger partial charge in [-0.2, -0.15) is 13.2 Å². The van der Waals surface area contributed by atoms with Crippen LogP contribution >= 0.6 is 0 Å². The monoisotopic (exact) mass is 492 g/mol. The number of Topliss-reactive ketones (excluding diaryl/α,β-unsaturated/α-hetero) is 1. The second kappa shape index (κ2) is 15.4. The minimum atomic E-state index is -5.19. The highest BCUT2D eigenvalue weighted by Gasteiger charge is 2.66. The Labute approximate surface area is 202 Å². The number of methoxy groups -OCH3 is 2. The second-order valence-corrected chi connectivity index (χ2v) is 9.37. The van der Waals surface area contributed by atoms with E-state index in [1.807, 2.05) is 0 Å². The summed E-state index contributed by atoms with van der Waals surface area (Å²) in [5.41, 5.74) is -3.49. The van der Waals surface area contributed by atoms with Crippen LogP contribution < -0.4 is 0 Å². The van der Waals surface area contributed by atoms with E-state index in [0.29, 0.717) is 6.42 Å². The van der Waals surface area contributed by atoms with E-state index in [-0.39, 0.29) is 17.8 Å². The maximum Gasteiger partial charge on any atom is 0.418 e. The van der Waals surface area contributed by atoms with Crippen molar-refractivity contribution in [2.75, 3.05) is 14.2 Å². The lowest BCUT2D eigenvalue weighted by atomic mass is 9.72. The molecule has 34 heavy (non-hydrogen) atoms. The van der Waals surface area contributed by atoms with Crippen molar-refractivity contribution in [2.45, 2.75) is 121 Å². The highest BCUT2D eigenvalue weighted by atomic mass is 19.4. The molecule has 0 saturated heterocycles. The van der Waals surface area contributed by atoms with Gasteiger partial charge in [0.25, 0.3) is 0 Å². The Morgan fingerprint density at radius 3 is 1.74 bits per heavy atom. The molecular formula is C26H43F3O5. The van der Waals surface area contributed by atoms with Gasteiger partial charge in [-0.05, 0) is 12.8 Å². The molecule has 0 aromatic rings. The van der Waals surface area contributed by atoms with Gasteiger partial charge in [-0.1, -0.05) is 90.4 Å². The van der Waals surface area contributed by atoms with Crippen molar-refractivity contribution in [3.63, 3.8) is 0 Å². The van der Waals surface area contributed by atoms with Crippen molar-refractivity contribution in [1.29, 1.82) is 0 Å². The molecule has 0 spiro atoms. The second-order valence-electron chi connectivity index (χ2n) is 9.37. The van der Waals surface area contributed by atoms with Crippen LogP contribution in [0.2, 0.25) is 0 Å². The minimum Gasteiger partial charge on any atom is -0.501 e. The van der Waals surface area contributed by atoms with E-state index in [9.17, 15) is 27.9 Å². The number of allylic oxidation sites excluding steroid dienone is 1. The number of ether oxygens (including phenoxy) is 2. The molecule has 198 valence electrons. The molecule has 0 aromatic carbocycles. The maximum absolute atomic E-state index is 13.6. The third-order valence-corrected chi connectivity index (χ3v) is 6.76. The summed E-state index contributed by atoms with van der Waals surface area (Å²) in [4.78, 5) is 24.8. The van der Waals surface area contributed by atoms with E-state index in [0.717, 1.165) is 32.8 Å². The Balaban J connectivity index is 2.43. The van der Waals surface area contributed by atoms with E-state index in [1.165, 1.54) is 64.9 Å². The molecule has 0 amide bonds. The van der Waals surface area contributed by atoms with Crippen LogP contribution in [0.4, 0.5) is 13.2 Å². The number of hydrogen-bond donors (Lipinski definition) is 1. The molecule has 0 aliphatic heterocycles. The van der Waals surface area contributed by atoms with Crippen LogP contribution in [0, 0.1) is 5.92 Å². The van der Waals surface area contributed by atoms with E-state index >= 15 is 0 Å². The molecule has 0 bridgehead atoms. The first-order chi connectivity index (χ1) is 16.1. The van der Waals surface area contributed by atoms with Gasteiger partial charge in [-0.15, -0.1) is 0 Å². The molecule has 0 heterocycles. The summed E-state index contributed by atoms with van der Waals surface area (Å²) in [6, 6.07) is 0. The Morgan fingerprint density at radius 1 is 0.912 bits per heavy atom. The predicted molar refractivity (Wildman–Crippen MR) is 125 cm³/mol. The highest BCUT2D eigenvalue weighted by Crippen LogP contribution is 2.47. The zero-order valence-corrected chi connectivity index (χ0v) is 21.1. The third kappa shape index (κ3) is 8.90. The van der Waals surface area contributed by atoms with Crippen molar-refractivity contribution in [3.8, 4) is 0 Å². The number of esters is 1. The van der Waals surface area contributed by atoms with Gasteiger partial charge in [0.1, 0.15) is 5.76 Å². The Bertz CT molecular complexity index is 659. The molecule has 0 fully saturated rings. The number of rotatable bonds is 17. The smallest absolute Gasteiger partial charge is 0.418 e. The number of halogens is 3. The van der Waals surface area contributed by atoms with Gasteiger partial charge in [0.2, 0.25) is 0 Å². The lowest BCUT2D eigenvalue weighted by molar-refractivity contribution is -0.278. The zero-order valence-electron chi connectivity index (χ0n) is 21.1. The van der Waals surface area contributed by atoms with E-state index in [2.05, 4.69) is 11.7 Å². The molecule has 1 aliphatic carbocycles. The molecule has 8 heteroatoms. The molecule has 0 radical (unpaired) electrons. The normalized spacial score (nSPS) is 21.1. The average molecular weight is 493 g/mol. The van der Waals surface area contributed by atoms with E-state index in [4.69, 9.17) is 4.74 Å². The number of alkyl halides is 3. The maximum atomic E-state index is 13.6. The summed E-state index contributed by atoms with van der Waals surface area (Å²) in [5.74, 6) is -5.00. The number of carbonyl (C=O) groups excluding carboxylic acids is 2. The van der Waals surface area contributed by atoms with Crippen LogP contribution in [-0.2, 0) is 19.1 Å². The molecule has 2 unspecified atom stereocenters. The van der Waals surface area contributed by atoms with E-state index in [1.54, 1.807) is 0 Å². The number of ketones is 1. The fourth-order valence-corrected chi connectivity index (χ4v) is 4.62.